The molecule has 162 valence electrons. The van der Waals surface area contributed by atoms with Crippen LogP contribution < -0.4 is 5.32 Å². The van der Waals surface area contributed by atoms with E-state index in [1.807, 2.05) is 50.2 Å². The van der Waals surface area contributed by atoms with E-state index in [4.69, 9.17) is 11.6 Å². The van der Waals surface area contributed by atoms with Crippen LogP contribution in [0.15, 0.2) is 29.2 Å². The number of hydrogen-bond donors (Lipinski definition) is 1. The predicted octanol–water partition coefficient (Wildman–Crippen LogP) is 3.76. The summed E-state index contributed by atoms with van der Waals surface area (Å²) in [5, 5.41) is 3.65. The second-order valence-corrected chi connectivity index (χ2v) is 10.8. The number of thioether (sulfide) groups is 1. The second kappa shape index (κ2) is 10.7. The summed E-state index contributed by atoms with van der Waals surface area (Å²) in [4.78, 5) is 30.4. The van der Waals surface area contributed by atoms with Gasteiger partial charge < -0.3 is 15.1 Å². The maximum atomic E-state index is 12.8. The van der Waals surface area contributed by atoms with Gasteiger partial charge in [0.25, 0.3) is 0 Å². The van der Waals surface area contributed by atoms with Crippen LogP contribution in [0.2, 0.25) is 5.02 Å². The molecule has 1 aromatic rings. The highest BCUT2D eigenvalue weighted by Gasteiger charge is 2.30. The topological polar surface area (TPSA) is 52.7 Å². The Kier molecular flexibility index (Phi) is 8.86. The molecule has 0 spiro atoms. The van der Waals surface area contributed by atoms with Gasteiger partial charge in [-0.2, -0.15) is 0 Å². The maximum Gasteiger partial charge on any atom is 0.235 e. The number of amides is 2. The van der Waals surface area contributed by atoms with Gasteiger partial charge in [-0.1, -0.05) is 25.4 Å². The zero-order chi connectivity index (χ0) is 21.6. The second-order valence-electron chi connectivity index (χ2n) is 8.93. The molecule has 1 atom stereocenters. The van der Waals surface area contributed by atoms with Crippen LogP contribution in [-0.4, -0.2) is 67.1 Å². The highest BCUT2D eigenvalue weighted by Crippen LogP contribution is 2.27. The third kappa shape index (κ3) is 7.83. The Labute approximate surface area is 184 Å². The van der Waals surface area contributed by atoms with Crippen molar-refractivity contribution >= 4 is 35.2 Å². The van der Waals surface area contributed by atoms with Crippen molar-refractivity contribution in [2.45, 2.75) is 43.8 Å². The molecule has 0 aromatic heterocycles. The van der Waals surface area contributed by atoms with E-state index in [1.54, 1.807) is 11.8 Å². The third-order valence-corrected chi connectivity index (χ3v) is 6.49. The number of carbonyl (C=O) groups is 2. The van der Waals surface area contributed by atoms with Crippen LogP contribution in [0.1, 0.15) is 33.6 Å². The van der Waals surface area contributed by atoms with Crippen LogP contribution in [0.3, 0.4) is 0 Å². The molecule has 1 unspecified atom stereocenters. The van der Waals surface area contributed by atoms with E-state index in [1.165, 1.54) is 0 Å². The van der Waals surface area contributed by atoms with Crippen molar-refractivity contribution < 1.29 is 9.59 Å². The Bertz CT molecular complexity index is 686. The molecule has 1 fully saturated rings. The minimum Gasteiger partial charge on any atom is -0.355 e. The normalized spacial score (nSPS) is 16.7. The van der Waals surface area contributed by atoms with Crippen LogP contribution in [0.4, 0.5) is 0 Å². The Morgan fingerprint density at radius 3 is 2.38 bits per heavy atom. The molecule has 0 radical (unpaired) electrons. The standard InChI is InChI=1S/C22H34ClN3O2S/c1-16(29-19-8-6-18(23)7-9-19)21(28)26-12-10-17(11-13-26)20(27)24-14-22(2,3)15-25(4)5/h6-9,16-17H,10-15H2,1-5H3,(H,24,27). The average Bonchev–Trinajstić information content (AvgIpc) is 2.66. The van der Waals surface area contributed by atoms with E-state index in [0.717, 1.165) is 24.3 Å². The number of likely N-dealkylation sites (tertiary alicyclic amines) is 1. The minimum absolute atomic E-state index is 0.00608. The minimum atomic E-state index is -0.159. The summed E-state index contributed by atoms with van der Waals surface area (Å²) in [5.74, 6) is 0.247. The summed E-state index contributed by atoms with van der Waals surface area (Å²) >= 11 is 7.47. The molecule has 1 N–H and O–H groups in total. The van der Waals surface area contributed by atoms with E-state index in [-0.39, 0.29) is 28.4 Å². The van der Waals surface area contributed by atoms with Crippen LogP contribution >= 0.6 is 23.4 Å². The van der Waals surface area contributed by atoms with E-state index in [9.17, 15) is 9.59 Å². The lowest BCUT2D eigenvalue weighted by Gasteiger charge is -2.34. The maximum absolute atomic E-state index is 12.8. The molecular weight excluding hydrogens is 406 g/mol. The Morgan fingerprint density at radius 1 is 1.24 bits per heavy atom. The van der Waals surface area contributed by atoms with Crippen LogP contribution in [0, 0.1) is 11.3 Å². The van der Waals surface area contributed by atoms with Crippen molar-refractivity contribution in [1.82, 2.24) is 15.1 Å². The SMILES string of the molecule is CC(Sc1ccc(Cl)cc1)C(=O)N1CCC(C(=O)NCC(C)(C)CN(C)C)CC1. The van der Waals surface area contributed by atoms with Gasteiger partial charge in [0.1, 0.15) is 0 Å². The molecule has 1 aliphatic rings. The zero-order valence-electron chi connectivity index (χ0n) is 18.2. The number of carbonyl (C=O) groups excluding carboxylic acids is 2. The van der Waals surface area contributed by atoms with Crippen molar-refractivity contribution in [1.29, 1.82) is 0 Å². The number of nitrogens with one attached hydrogen (secondary N) is 1. The van der Waals surface area contributed by atoms with Gasteiger partial charge in [0.15, 0.2) is 0 Å². The Hall–Kier alpha value is -1.24. The van der Waals surface area contributed by atoms with Gasteiger partial charge >= 0.3 is 0 Å². The first kappa shape index (κ1) is 24.0. The smallest absolute Gasteiger partial charge is 0.235 e. The summed E-state index contributed by atoms with van der Waals surface area (Å²) in [6.07, 6.45) is 1.45. The molecule has 1 aromatic carbocycles. The first-order valence-electron chi connectivity index (χ1n) is 10.2. The highest BCUT2D eigenvalue weighted by molar-refractivity contribution is 8.00. The van der Waals surface area contributed by atoms with E-state index >= 15 is 0 Å². The number of halogens is 1. The van der Waals surface area contributed by atoms with Crippen LogP contribution in [-0.2, 0) is 9.59 Å². The van der Waals surface area contributed by atoms with Gasteiger partial charge in [0.05, 0.1) is 5.25 Å². The first-order chi connectivity index (χ1) is 13.6. The summed E-state index contributed by atoms with van der Waals surface area (Å²) < 4.78 is 0. The number of hydrogen-bond acceptors (Lipinski definition) is 4. The number of nitrogens with zero attached hydrogens (tertiary/aromatic N) is 2. The van der Waals surface area contributed by atoms with E-state index in [0.29, 0.717) is 24.7 Å². The van der Waals surface area contributed by atoms with Crippen molar-refractivity contribution in [2.24, 2.45) is 11.3 Å². The average molecular weight is 440 g/mol. The molecule has 29 heavy (non-hydrogen) atoms. The molecular formula is C22H34ClN3O2S. The van der Waals surface area contributed by atoms with E-state index in [2.05, 4.69) is 24.1 Å². The molecule has 1 saturated heterocycles. The quantitative estimate of drug-likeness (QED) is 0.626. The number of piperidine rings is 1. The van der Waals surface area contributed by atoms with Gasteiger partial charge in [-0.25, -0.2) is 0 Å². The van der Waals surface area contributed by atoms with Gasteiger partial charge in [-0.05, 0) is 63.5 Å². The van der Waals surface area contributed by atoms with Crippen molar-refractivity contribution in [3.63, 3.8) is 0 Å². The molecule has 0 aliphatic carbocycles. The summed E-state index contributed by atoms with van der Waals surface area (Å²) in [6, 6.07) is 7.55. The van der Waals surface area contributed by atoms with Gasteiger partial charge in [-0.15, -0.1) is 11.8 Å². The lowest BCUT2D eigenvalue weighted by Crippen LogP contribution is -2.47. The predicted molar refractivity (Wildman–Crippen MR) is 121 cm³/mol. The molecule has 1 heterocycles. The summed E-state index contributed by atoms with van der Waals surface area (Å²) in [7, 11) is 4.09. The monoisotopic (exact) mass is 439 g/mol. The van der Waals surface area contributed by atoms with Gasteiger partial charge in [0.2, 0.25) is 11.8 Å². The first-order valence-corrected chi connectivity index (χ1v) is 11.5. The Balaban J connectivity index is 1.77. The molecule has 2 amide bonds. The summed E-state index contributed by atoms with van der Waals surface area (Å²) in [5.41, 5.74) is 0.0319. The largest absolute Gasteiger partial charge is 0.355 e. The van der Waals surface area contributed by atoms with Crippen LogP contribution in [0.5, 0.6) is 0 Å². The molecule has 1 aliphatic heterocycles. The van der Waals surface area contributed by atoms with Crippen LogP contribution in [0.25, 0.3) is 0 Å². The molecule has 2 rings (SSSR count). The lowest BCUT2D eigenvalue weighted by atomic mass is 9.91. The zero-order valence-corrected chi connectivity index (χ0v) is 19.8. The lowest BCUT2D eigenvalue weighted by molar-refractivity contribution is -0.135. The summed E-state index contributed by atoms with van der Waals surface area (Å²) in [6.45, 7) is 9.13. The van der Waals surface area contributed by atoms with Crippen molar-refractivity contribution in [3.8, 4) is 0 Å². The fourth-order valence-electron chi connectivity index (χ4n) is 3.77. The Morgan fingerprint density at radius 2 is 1.83 bits per heavy atom. The third-order valence-electron chi connectivity index (χ3n) is 5.14. The van der Waals surface area contributed by atoms with Gasteiger partial charge in [-0.3, -0.25) is 9.59 Å². The van der Waals surface area contributed by atoms with Crippen molar-refractivity contribution in [3.05, 3.63) is 29.3 Å². The molecule has 0 bridgehead atoms. The molecule has 0 saturated carbocycles. The van der Waals surface area contributed by atoms with Gasteiger partial charge in [0, 0.05) is 42.0 Å². The molecule has 5 nitrogen and oxygen atoms in total. The van der Waals surface area contributed by atoms with E-state index < -0.39 is 0 Å². The van der Waals surface area contributed by atoms with Crippen molar-refractivity contribution in [2.75, 3.05) is 40.3 Å². The fraction of sp³-hybridized carbons (Fsp3) is 0.636. The number of rotatable bonds is 8. The highest BCUT2D eigenvalue weighted by atomic mass is 35.5. The molecule has 7 heteroatoms. The fourth-order valence-corrected chi connectivity index (χ4v) is 4.85. The number of benzene rings is 1.